The summed E-state index contributed by atoms with van der Waals surface area (Å²) in [5.74, 6) is -0.976. The quantitative estimate of drug-likeness (QED) is 0.806. The van der Waals surface area contributed by atoms with Crippen molar-refractivity contribution in [3.8, 4) is 0 Å². The number of carbonyl (C=O) groups excluding carboxylic acids is 1. The predicted octanol–water partition coefficient (Wildman–Crippen LogP) is 0.896. The molecule has 2 rings (SSSR count). The molecule has 21 heavy (non-hydrogen) atoms. The van der Waals surface area contributed by atoms with Crippen LogP contribution in [0.2, 0.25) is 0 Å². The SMILES string of the molecule is CCCC(=O)OC[C@H]1CSC(n2cc(F)c(N)nc2=O)O1. The van der Waals surface area contributed by atoms with E-state index in [1.54, 1.807) is 0 Å². The maximum absolute atomic E-state index is 13.4. The first-order chi connectivity index (χ1) is 10.0. The van der Waals surface area contributed by atoms with Gasteiger partial charge in [0.15, 0.2) is 17.2 Å². The zero-order valence-electron chi connectivity index (χ0n) is 11.5. The minimum atomic E-state index is -0.781. The van der Waals surface area contributed by atoms with Crippen LogP contribution in [0.1, 0.15) is 25.3 Å². The van der Waals surface area contributed by atoms with Crippen molar-refractivity contribution < 1.29 is 18.7 Å². The molecule has 0 aromatic carbocycles. The third kappa shape index (κ3) is 3.94. The van der Waals surface area contributed by atoms with Crippen LogP contribution in [0.25, 0.3) is 0 Å². The number of anilines is 1. The monoisotopic (exact) mass is 317 g/mol. The zero-order chi connectivity index (χ0) is 15.4. The highest BCUT2D eigenvalue weighted by atomic mass is 32.2. The molecule has 1 aliphatic rings. The lowest BCUT2D eigenvalue weighted by Gasteiger charge is -2.14. The van der Waals surface area contributed by atoms with E-state index in [0.29, 0.717) is 18.6 Å². The molecule has 1 fully saturated rings. The normalized spacial score (nSPS) is 21.4. The molecule has 1 aromatic heterocycles. The van der Waals surface area contributed by atoms with E-state index in [1.165, 1.54) is 11.8 Å². The van der Waals surface area contributed by atoms with Gasteiger partial charge in [0.1, 0.15) is 12.7 Å². The van der Waals surface area contributed by atoms with Crippen molar-refractivity contribution >= 4 is 23.5 Å². The fourth-order valence-electron chi connectivity index (χ4n) is 1.74. The number of nitrogens with zero attached hydrogens (tertiary/aromatic N) is 2. The molecule has 1 unspecified atom stereocenters. The van der Waals surface area contributed by atoms with E-state index in [-0.39, 0.29) is 18.7 Å². The summed E-state index contributed by atoms with van der Waals surface area (Å²) in [7, 11) is 0. The summed E-state index contributed by atoms with van der Waals surface area (Å²) in [6.07, 6.45) is 1.70. The number of esters is 1. The number of nitrogens with two attached hydrogens (primary N) is 1. The molecule has 116 valence electrons. The van der Waals surface area contributed by atoms with Crippen LogP contribution in [-0.2, 0) is 14.3 Å². The van der Waals surface area contributed by atoms with Gasteiger partial charge in [-0.25, -0.2) is 9.18 Å². The van der Waals surface area contributed by atoms with Gasteiger partial charge in [0.2, 0.25) is 0 Å². The number of nitrogen functional groups attached to an aromatic ring is 1. The van der Waals surface area contributed by atoms with Crippen LogP contribution < -0.4 is 11.4 Å². The third-order valence-electron chi connectivity index (χ3n) is 2.78. The van der Waals surface area contributed by atoms with E-state index in [4.69, 9.17) is 15.2 Å². The van der Waals surface area contributed by atoms with E-state index in [1.807, 2.05) is 6.92 Å². The molecule has 2 N–H and O–H groups in total. The van der Waals surface area contributed by atoms with Crippen molar-refractivity contribution in [1.82, 2.24) is 9.55 Å². The molecule has 9 heteroatoms. The Kier molecular flexibility index (Phi) is 5.18. The lowest BCUT2D eigenvalue weighted by molar-refractivity contribution is -0.148. The van der Waals surface area contributed by atoms with E-state index < -0.39 is 22.9 Å². The summed E-state index contributed by atoms with van der Waals surface area (Å²) in [5.41, 5.74) is 3.84. The Balaban J connectivity index is 1.95. The van der Waals surface area contributed by atoms with Crippen LogP contribution in [-0.4, -0.2) is 34.0 Å². The standard InChI is InChI=1S/C12H16FN3O4S/c1-2-3-9(17)19-5-7-6-21-12(20-7)16-4-8(13)10(14)15-11(16)18/h4,7,12H,2-3,5-6H2,1H3,(H2,14,15,18)/t7-,12?/m0/s1. The fraction of sp³-hybridized carbons (Fsp3) is 0.583. The summed E-state index contributed by atoms with van der Waals surface area (Å²) in [6.45, 7) is 2.00. The second-order valence-electron chi connectivity index (χ2n) is 4.50. The van der Waals surface area contributed by atoms with Crippen LogP contribution >= 0.6 is 11.8 Å². The molecule has 0 radical (unpaired) electrons. The van der Waals surface area contributed by atoms with Gasteiger partial charge in [0.25, 0.3) is 0 Å². The minimum Gasteiger partial charge on any atom is -0.463 e. The van der Waals surface area contributed by atoms with Crippen molar-refractivity contribution in [2.75, 3.05) is 18.1 Å². The molecular weight excluding hydrogens is 301 g/mol. The number of hydrogen-bond acceptors (Lipinski definition) is 7. The Morgan fingerprint density at radius 3 is 3.19 bits per heavy atom. The smallest absolute Gasteiger partial charge is 0.352 e. The number of ether oxygens (including phenoxy) is 2. The highest BCUT2D eigenvalue weighted by molar-refractivity contribution is 7.99. The molecule has 2 atom stereocenters. The van der Waals surface area contributed by atoms with Crippen molar-refractivity contribution in [3.05, 3.63) is 22.5 Å². The Bertz CT molecular complexity index is 580. The van der Waals surface area contributed by atoms with Crippen LogP contribution in [0.15, 0.2) is 11.0 Å². The van der Waals surface area contributed by atoms with Gasteiger partial charge < -0.3 is 15.2 Å². The average molecular weight is 317 g/mol. The van der Waals surface area contributed by atoms with Gasteiger partial charge in [-0.1, -0.05) is 6.92 Å². The lowest BCUT2D eigenvalue weighted by atomic mass is 10.3. The maximum atomic E-state index is 13.4. The second kappa shape index (κ2) is 6.90. The van der Waals surface area contributed by atoms with E-state index in [2.05, 4.69) is 4.98 Å². The number of rotatable bonds is 5. The summed E-state index contributed by atoms with van der Waals surface area (Å²) >= 11 is 1.30. The summed E-state index contributed by atoms with van der Waals surface area (Å²) < 4.78 is 25.0. The molecular formula is C12H16FN3O4S. The van der Waals surface area contributed by atoms with Crippen molar-refractivity contribution in [2.24, 2.45) is 0 Å². The first-order valence-corrected chi connectivity index (χ1v) is 7.53. The van der Waals surface area contributed by atoms with Gasteiger partial charge in [0, 0.05) is 12.2 Å². The number of halogens is 1. The van der Waals surface area contributed by atoms with Gasteiger partial charge in [-0.3, -0.25) is 9.36 Å². The Morgan fingerprint density at radius 1 is 1.71 bits per heavy atom. The third-order valence-corrected chi connectivity index (χ3v) is 3.97. The van der Waals surface area contributed by atoms with Crippen molar-refractivity contribution in [3.63, 3.8) is 0 Å². The Morgan fingerprint density at radius 2 is 2.48 bits per heavy atom. The maximum Gasteiger partial charge on any atom is 0.352 e. The van der Waals surface area contributed by atoms with Gasteiger partial charge in [-0.2, -0.15) is 4.98 Å². The number of aromatic nitrogens is 2. The molecule has 1 saturated heterocycles. The van der Waals surface area contributed by atoms with Crippen molar-refractivity contribution in [1.29, 1.82) is 0 Å². The molecule has 1 aliphatic heterocycles. The van der Waals surface area contributed by atoms with Gasteiger partial charge in [-0.05, 0) is 6.42 Å². The molecule has 1 aromatic rings. The molecule has 0 bridgehead atoms. The number of thioether (sulfide) groups is 1. The molecule has 7 nitrogen and oxygen atoms in total. The van der Waals surface area contributed by atoms with Gasteiger partial charge >= 0.3 is 11.7 Å². The van der Waals surface area contributed by atoms with Crippen LogP contribution in [0.3, 0.4) is 0 Å². The van der Waals surface area contributed by atoms with Crippen molar-refractivity contribution in [2.45, 2.75) is 31.4 Å². The minimum absolute atomic E-state index is 0.113. The highest BCUT2D eigenvalue weighted by Gasteiger charge is 2.29. The second-order valence-corrected chi connectivity index (χ2v) is 5.57. The molecule has 0 spiro atoms. The number of carbonyl (C=O) groups is 1. The highest BCUT2D eigenvalue weighted by Crippen LogP contribution is 2.33. The summed E-state index contributed by atoms with van der Waals surface area (Å²) in [5, 5.41) is 0. The lowest BCUT2D eigenvalue weighted by Crippen LogP contribution is -2.28. The van der Waals surface area contributed by atoms with Crippen LogP contribution in [0.5, 0.6) is 0 Å². The van der Waals surface area contributed by atoms with Crippen LogP contribution in [0.4, 0.5) is 10.2 Å². The molecule has 0 saturated carbocycles. The van der Waals surface area contributed by atoms with Crippen LogP contribution in [0, 0.1) is 5.82 Å². The first-order valence-electron chi connectivity index (χ1n) is 6.48. The summed E-state index contributed by atoms with van der Waals surface area (Å²) in [4.78, 5) is 26.3. The average Bonchev–Trinajstić information content (AvgIpc) is 2.89. The van der Waals surface area contributed by atoms with Gasteiger partial charge in [0.05, 0.1) is 6.20 Å². The fourth-order valence-corrected chi connectivity index (χ4v) is 2.84. The van der Waals surface area contributed by atoms with Gasteiger partial charge in [-0.15, -0.1) is 11.8 Å². The topological polar surface area (TPSA) is 96.4 Å². The Hall–Kier alpha value is -1.61. The molecule has 0 amide bonds. The first kappa shape index (κ1) is 15.8. The van der Waals surface area contributed by atoms with E-state index in [9.17, 15) is 14.0 Å². The largest absolute Gasteiger partial charge is 0.463 e. The zero-order valence-corrected chi connectivity index (χ0v) is 12.3. The molecule has 0 aliphatic carbocycles. The van der Waals surface area contributed by atoms with E-state index >= 15 is 0 Å². The molecule has 2 heterocycles. The predicted molar refractivity (Wildman–Crippen MR) is 75.1 cm³/mol. The van der Waals surface area contributed by atoms with E-state index in [0.717, 1.165) is 10.8 Å². The summed E-state index contributed by atoms with van der Waals surface area (Å²) in [6, 6.07) is 0. The Labute approximate surface area is 124 Å². The number of hydrogen-bond donors (Lipinski definition) is 1.